The molecule has 0 radical (unpaired) electrons. The van der Waals surface area contributed by atoms with Crippen LogP contribution in [0.15, 0.2) is 54.6 Å². The van der Waals surface area contributed by atoms with Crippen LogP contribution >= 0.6 is 0 Å². The summed E-state index contributed by atoms with van der Waals surface area (Å²) in [5.41, 5.74) is 9.55. The van der Waals surface area contributed by atoms with E-state index in [0.29, 0.717) is 6.54 Å². The molecule has 150 valence electrons. The molecule has 1 fully saturated rings. The van der Waals surface area contributed by atoms with Gasteiger partial charge in [-0.2, -0.15) is 0 Å². The number of nitrogens with one attached hydrogen (secondary N) is 1. The first-order chi connectivity index (χ1) is 13.5. The number of aliphatic hydroxyl groups excluding tert-OH is 1. The van der Waals surface area contributed by atoms with E-state index in [1.54, 1.807) is 0 Å². The Balaban J connectivity index is 1.47. The van der Waals surface area contributed by atoms with Gasteiger partial charge in [0.15, 0.2) is 0 Å². The number of nitrogens with two attached hydrogens (primary N) is 1. The van der Waals surface area contributed by atoms with E-state index in [0.717, 1.165) is 43.6 Å². The predicted molar refractivity (Wildman–Crippen MR) is 111 cm³/mol. The summed E-state index contributed by atoms with van der Waals surface area (Å²) < 4.78 is 0. The summed E-state index contributed by atoms with van der Waals surface area (Å²) in [6.07, 6.45) is 1.57. The van der Waals surface area contributed by atoms with Gasteiger partial charge < -0.3 is 16.2 Å². The highest BCUT2D eigenvalue weighted by Gasteiger charge is 2.22. The van der Waals surface area contributed by atoms with Crippen molar-refractivity contribution in [2.24, 2.45) is 11.7 Å². The van der Waals surface area contributed by atoms with Gasteiger partial charge in [0, 0.05) is 32.2 Å². The molecular formula is C23H31N3O2. The molecule has 1 amide bonds. The van der Waals surface area contributed by atoms with Crippen molar-refractivity contribution in [1.29, 1.82) is 0 Å². The van der Waals surface area contributed by atoms with Gasteiger partial charge in [-0.1, -0.05) is 61.5 Å². The normalized spacial score (nSPS) is 17.8. The maximum atomic E-state index is 12.5. The Kier molecular flexibility index (Phi) is 7.20. The van der Waals surface area contributed by atoms with E-state index in [1.807, 2.05) is 37.3 Å². The topological polar surface area (TPSA) is 78.6 Å². The molecule has 2 unspecified atom stereocenters. The molecule has 5 heteroatoms. The van der Waals surface area contributed by atoms with Gasteiger partial charge in [0.25, 0.3) is 0 Å². The monoisotopic (exact) mass is 381 g/mol. The van der Waals surface area contributed by atoms with Crippen LogP contribution in [0.4, 0.5) is 0 Å². The number of hydrogen-bond acceptors (Lipinski definition) is 4. The van der Waals surface area contributed by atoms with Crippen molar-refractivity contribution >= 4 is 5.91 Å². The van der Waals surface area contributed by atoms with Crippen LogP contribution in [0, 0.1) is 5.92 Å². The molecule has 1 aliphatic rings. The summed E-state index contributed by atoms with van der Waals surface area (Å²) in [7, 11) is 0. The molecule has 1 heterocycles. The van der Waals surface area contributed by atoms with Crippen molar-refractivity contribution in [2.45, 2.75) is 45.0 Å². The first-order valence-corrected chi connectivity index (χ1v) is 10.1. The van der Waals surface area contributed by atoms with Gasteiger partial charge in [-0.05, 0) is 29.5 Å². The molecule has 1 saturated heterocycles. The molecular weight excluding hydrogens is 350 g/mol. The van der Waals surface area contributed by atoms with E-state index >= 15 is 0 Å². The molecule has 0 saturated carbocycles. The number of aliphatic hydroxyl groups is 1. The van der Waals surface area contributed by atoms with Gasteiger partial charge in [-0.15, -0.1) is 0 Å². The fourth-order valence-electron chi connectivity index (χ4n) is 3.58. The third kappa shape index (κ3) is 5.64. The minimum atomic E-state index is -0.313. The van der Waals surface area contributed by atoms with Gasteiger partial charge in [0.2, 0.25) is 5.91 Å². The zero-order chi connectivity index (χ0) is 19.9. The Hall–Kier alpha value is -2.21. The van der Waals surface area contributed by atoms with Crippen LogP contribution in [-0.4, -0.2) is 35.1 Å². The smallest absolute Gasteiger partial charge is 0.225 e. The lowest BCUT2D eigenvalue weighted by molar-refractivity contribution is -0.125. The fourth-order valence-corrected chi connectivity index (χ4v) is 3.58. The lowest BCUT2D eigenvalue weighted by Gasteiger charge is -2.29. The highest BCUT2D eigenvalue weighted by molar-refractivity contribution is 5.79. The van der Waals surface area contributed by atoms with Crippen molar-refractivity contribution < 1.29 is 9.90 Å². The van der Waals surface area contributed by atoms with Gasteiger partial charge in [-0.25, -0.2) is 0 Å². The molecule has 2 aromatic carbocycles. The maximum absolute atomic E-state index is 12.5. The third-order valence-electron chi connectivity index (χ3n) is 5.59. The molecule has 2 aromatic rings. The summed E-state index contributed by atoms with van der Waals surface area (Å²) in [5.74, 6) is -0.330. The summed E-state index contributed by atoms with van der Waals surface area (Å²) >= 11 is 0. The van der Waals surface area contributed by atoms with Crippen LogP contribution in [0.3, 0.4) is 0 Å². The second kappa shape index (κ2) is 9.82. The van der Waals surface area contributed by atoms with Crippen LogP contribution in [0.25, 0.3) is 0 Å². The number of rotatable bonds is 7. The molecule has 4 N–H and O–H groups in total. The van der Waals surface area contributed by atoms with E-state index in [9.17, 15) is 9.90 Å². The minimum Gasteiger partial charge on any atom is -0.393 e. The van der Waals surface area contributed by atoms with Crippen LogP contribution < -0.4 is 11.1 Å². The van der Waals surface area contributed by atoms with Crippen molar-refractivity contribution in [3.63, 3.8) is 0 Å². The molecule has 2 atom stereocenters. The van der Waals surface area contributed by atoms with Crippen molar-refractivity contribution in [2.75, 3.05) is 13.1 Å². The number of nitrogens with zero attached hydrogens (tertiary/aromatic N) is 1. The van der Waals surface area contributed by atoms with Crippen molar-refractivity contribution in [1.82, 2.24) is 10.2 Å². The summed E-state index contributed by atoms with van der Waals surface area (Å²) in [4.78, 5) is 14.8. The first-order valence-electron chi connectivity index (χ1n) is 10.1. The first kappa shape index (κ1) is 20.5. The second-order valence-corrected chi connectivity index (χ2v) is 7.77. The molecule has 0 aromatic heterocycles. The highest BCUT2D eigenvalue weighted by Crippen LogP contribution is 2.19. The van der Waals surface area contributed by atoms with E-state index in [2.05, 4.69) is 34.5 Å². The van der Waals surface area contributed by atoms with Gasteiger partial charge in [-0.3, -0.25) is 9.69 Å². The lowest BCUT2D eigenvalue weighted by Crippen LogP contribution is -2.35. The quantitative estimate of drug-likeness (QED) is 0.689. The number of hydrogen-bond donors (Lipinski definition) is 3. The molecule has 0 bridgehead atoms. The Bertz CT molecular complexity index is 740. The Morgan fingerprint density at radius 1 is 1.11 bits per heavy atom. The molecule has 5 nitrogen and oxygen atoms in total. The van der Waals surface area contributed by atoms with Gasteiger partial charge >= 0.3 is 0 Å². The van der Waals surface area contributed by atoms with Crippen molar-refractivity contribution in [3.8, 4) is 0 Å². The number of piperidine rings is 1. The molecule has 28 heavy (non-hydrogen) atoms. The van der Waals surface area contributed by atoms with Crippen LogP contribution in [0.5, 0.6) is 0 Å². The standard InChI is InChI=1S/C23H31N3O2/c1-17(22(24)20-5-3-2-4-6-20)23(28)25-15-18-7-9-19(10-8-18)16-26-13-11-21(27)12-14-26/h2-10,17,21-22,27H,11-16,24H2,1H3,(H,25,28). The van der Waals surface area contributed by atoms with E-state index in [4.69, 9.17) is 5.73 Å². The zero-order valence-corrected chi connectivity index (χ0v) is 16.6. The predicted octanol–water partition coefficient (Wildman–Crippen LogP) is 2.60. The molecule has 0 spiro atoms. The molecule has 0 aliphatic carbocycles. The number of benzene rings is 2. The Labute approximate surface area is 167 Å². The number of carbonyl (C=O) groups is 1. The number of amides is 1. The van der Waals surface area contributed by atoms with Gasteiger partial charge in [0.1, 0.15) is 0 Å². The number of likely N-dealkylation sites (tertiary alicyclic amines) is 1. The van der Waals surface area contributed by atoms with E-state index in [-0.39, 0.29) is 24.0 Å². The highest BCUT2D eigenvalue weighted by atomic mass is 16.3. The molecule has 3 rings (SSSR count). The Morgan fingerprint density at radius 2 is 1.71 bits per heavy atom. The van der Waals surface area contributed by atoms with Crippen LogP contribution in [-0.2, 0) is 17.9 Å². The van der Waals surface area contributed by atoms with Crippen LogP contribution in [0.2, 0.25) is 0 Å². The number of carbonyl (C=O) groups excluding carboxylic acids is 1. The Morgan fingerprint density at radius 3 is 2.36 bits per heavy atom. The maximum Gasteiger partial charge on any atom is 0.225 e. The average Bonchev–Trinajstić information content (AvgIpc) is 2.74. The largest absolute Gasteiger partial charge is 0.393 e. The average molecular weight is 382 g/mol. The van der Waals surface area contributed by atoms with Crippen LogP contribution in [0.1, 0.15) is 42.5 Å². The minimum absolute atomic E-state index is 0.0349. The van der Waals surface area contributed by atoms with Crippen molar-refractivity contribution in [3.05, 3.63) is 71.3 Å². The summed E-state index contributed by atoms with van der Waals surface area (Å²) in [5, 5.41) is 12.6. The second-order valence-electron chi connectivity index (χ2n) is 7.77. The lowest BCUT2D eigenvalue weighted by atomic mass is 9.94. The molecule has 1 aliphatic heterocycles. The summed E-state index contributed by atoms with van der Waals surface area (Å²) in [6, 6.07) is 17.8. The van der Waals surface area contributed by atoms with E-state index in [1.165, 1.54) is 5.56 Å². The SMILES string of the molecule is CC(C(=O)NCc1ccc(CN2CCC(O)CC2)cc1)C(N)c1ccccc1. The van der Waals surface area contributed by atoms with Gasteiger partial charge in [0.05, 0.1) is 12.0 Å². The fraction of sp³-hybridized carbons (Fsp3) is 0.435. The summed E-state index contributed by atoms with van der Waals surface area (Å²) in [6.45, 7) is 5.16. The van der Waals surface area contributed by atoms with E-state index < -0.39 is 0 Å². The zero-order valence-electron chi connectivity index (χ0n) is 16.6. The third-order valence-corrected chi connectivity index (χ3v) is 5.59.